The summed E-state index contributed by atoms with van der Waals surface area (Å²) in [5.74, 6) is 5.22. The molecule has 102 valence electrons. The zero-order valence-electron chi connectivity index (χ0n) is 10.8. The maximum Gasteiger partial charge on any atom is 0.240 e. The lowest BCUT2D eigenvalue weighted by Crippen LogP contribution is -2.39. The zero-order chi connectivity index (χ0) is 13.8. The molecule has 1 atom stereocenters. The number of likely N-dealkylation sites (N-methyl/N-ethyl adjacent to an activating group) is 1. The number of hydrazine groups is 1. The second kappa shape index (κ2) is 6.14. The van der Waals surface area contributed by atoms with E-state index in [2.05, 4.69) is 10.1 Å². The third-order valence-electron chi connectivity index (χ3n) is 2.33. The second-order valence-corrected chi connectivity index (χ2v) is 6.17. The number of hydrogen-bond donors (Lipinski definition) is 3. The van der Waals surface area contributed by atoms with Gasteiger partial charge in [0, 0.05) is 18.3 Å². The summed E-state index contributed by atoms with van der Waals surface area (Å²) in [6.07, 6.45) is 0. The number of nitrogens with zero attached hydrogens (tertiary/aromatic N) is 1. The molecule has 0 saturated heterocycles. The van der Waals surface area contributed by atoms with E-state index in [-0.39, 0.29) is 10.9 Å². The fourth-order valence-corrected chi connectivity index (χ4v) is 2.88. The zero-order valence-corrected chi connectivity index (χ0v) is 11.7. The smallest absolute Gasteiger partial charge is 0.240 e. The minimum absolute atomic E-state index is 0.155. The van der Waals surface area contributed by atoms with E-state index in [9.17, 15) is 8.42 Å². The van der Waals surface area contributed by atoms with Gasteiger partial charge in [-0.15, -0.1) is 0 Å². The maximum absolute atomic E-state index is 12.0. The van der Waals surface area contributed by atoms with Crippen LogP contribution in [-0.4, -0.2) is 40.0 Å². The van der Waals surface area contributed by atoms with Crippen LogP contribution in [0.3, 0.4) is 0 Å². The molecule has 1 rings (SSSR count). The average Bonchev–Trinajstić information content (AvgIpc) is 2.27. The molecule has 7 heteroatoms. The van der Waals surface area contributed by atoms with Crippen molar-refractivity contribution in [1.82, 2.24) is 9.62 Å². The molecule has 0 aliphatic rings. The Hall–Kier alpha value is -1.15. The summed E-state index contributed by atoms with van der Waals surface area (Å²) in [4.78, 5) is 2.15. The van der Waals surface area contributed by atoms with Gasteiger partial charge in [-0.1, -0.05) is 0 Å². The largest absolute Gasteiger partial charge is 0.324 e. The minimum atomic E-state index is -3.48. The summed E-state index contributed by atoms with van der Waals surface area (Å²) in [6, 6.07) is 6.10. The lowest BCUT2D eigenvalue weighted by Gasteiger charge is -2.18. The van der Waals surface area contributed by atoms with Gasteiger partial charge in [0.05, 0.1) is 4.90 Å². The fourth-order valence-electron chi connectivity index (χ4n) is 1.65. The van der Waals surface area contributed by atoms with Gasteiger partial charge in [0.25, 0.3) is 0 Å². The number of hydrogen-bond acceptors (Lipinski definition) is 5. The topological polar surface area (TPSA) is 87.5 Å². The van der Waals surface area contributed by atoms with Crippen LogP contribution in [0.4, 0.5) is 5.69 Å². The van der Waals surface area contributed by atoms with Crippen LogP contribution in [0, 0.1) is 0 Å². The van der Waals surface area contributed by atoms with Gasteiger partial charge in [-0.05, 0) is 45.3 Å². The summed E-state index contributed by atoms with van der Waals surface area (Å²) in [5, 5.41) is 0. The molecule has 18 heavy (non-hydrogen) atoms. The van der Waals surface area contributed by atoms with Crippen LogP contribution in [-0.2, 0) is 10.0 Å². The van der Waals surface area contributed by atoms with Crippen molar-refractivity contribution in [3.8, 4) is 0 Å². The summed E-state index contributed by atoms with van der Waals surface area (Å²) in [7, 11) is 0.315. The first kappa shape index (κ1) is 14.9. The highest BCUT2D eigenvalue weighted by Crippen LogP contribution is 2.13. The summed E-state index contributed by atoms with van der Waals surface area (Å²) in [6.45, 7) is 2.47. The molecule has 0 radical (unpaired) electrons. The molecule has 0 saturated carbocycles. The Bertz CT molecular complexity index is 470. The van der Waals surface area contributed by atoms with Gasteiger partial charge in [-0.3, -0.25) is 5.84 Å². The molecule has 0 amide bonds. The molecule has 0 heterocycles. The second-order valence-electron chi connectivity index (χ2n) is 4.45. The number of nitrogens with one attached hydrogen (secondary N) is 2. The van der Waals surface area contributed by atoms with Crippen molar-refractivity contribution in [3.05, 3.63) is 24.3 Å². The molecule has 1 aromatic rings. The number of anilines is 1. The Balaban J connectivity index is 2.79. The number of nitrogens with two attached hydrogens (primary N) is 1. The monoisotopic (exact) mass is 272 g/mol. The minimum Gasteiger partial charge on any atom is -0.324 e. The Morgan fingerprint density at radius 2 is 1.83 bits per heavy atom. The van der Waals surface area contributed by atoms with E-state index in [0.717, 1.165) is 0 Å². The Morgan fingerprint density at radius 1 is 1.28 bits per heavy atom. The van der Waals surface area contributed by atoms with Crippen LogP contribution in [0.2, 0.25) is 0 Å². The van der Waals surface area contributed by atoms with E-state index < -0.39 is 10.0 Å². The van der Waals surface area contributed by atoms with Crippen molar-refractivity contribution >= 4 is 15.7 Å². The van der Waals surface area contributed by atoms with E-state index in [0.29, 0.717) is 12.2 Å². The van der Waals surface area contributed by atoms with Gasteiger partial charge in [0.15, 0.2) is 0 Å². The SMILES string of the molecule is CC(CN(C)C)NS(=O)(=O)c1ccc(NN)cc1. The first-order valence-corrected chi connectivity index (χ1v) is 7.07. The Morgan fingerprint density at radius 3 is 2.28 bits per heavy atom. The highest BCUT2D eigenvalue weighted by molar-refractivity contribution is 7.89. The van der Waals surface area contributed by atoms with E-state index in [4.69, 9.17) is 5.84 Å². The van der Waals surface area contributed by atoms with Gasteiger partial charge in [-0.25, -0.2) is 13.1 Å². The molecule has 0 spiro atoms. The molecular weight excluding hydrogens is 252 g/mol. The predicted molar refractivity (Wildman–Crippen MR) is 72.6 cm³/mol. The standard InChI is InChI=1S/C11H20N4O2S/c1-9(8-15(2)3)14-18(16,17)11-6-4-10(13-12)5-7-11/h4-7,9,13-14H,8,12H2,1-3H3. The maximum atomic E-state index is 12.0. The first-order valence-electron chi connectivity index (χ1n) is 5.59. The van der Waals surface area contributed by atoms with E-state index >= 15 is 0 Å². The van der Waals surface area contributed by atoms with Gasteiger partial charge in [0.2, 0.25) is 10.0 Å². The third-order valence-corrected chi connectivity index (χ3v) is 3.93. The van der Waals surface area contributed by atoms with Crippen LogP contribution in [0.15, 0.2) is 29.2 Å². The van der Waals surface area contributed by atoms with Crippen molar-refractivity contribution in [2.75, 3.05) is 26.1 Å². The molecule has 4 N–H and O–H groups in total. The van der Waals surface area contributed by atoms with Crippen molar-refractivity contribution in [1.29, 1.82) is 0 Å². The normalized spacial score (nSPS) is 13.6. The Kier molecular flexibility index (Phi) is 5.09. The number of rotatable bonds is 6. The fraction of sp³-hybridized carbons (Fsp3) is 0.455. The molecule has 0 bridgehead atoms. The van der Waals surface area contributed by atoms with Gasteiger partial charge in [0.1, 0.15) is 0 Å². The molecular formula is C11H20N4O2S. The van der Waals surface area contributed by atoms with Gasteiger partial charge in [-0.2, -0.15) is 0 Å². The Labute approximate surface area is 108 Å². The van der Waals surface area contributed by atoms with Crippen molar-refractivity contribution in [3.63, 3.8) is 0 Å². The number of nitrogen functional groups attached to an aromatic ring is 1. The van der Waals surface area contributed by atoms with Crippen LogP contribution in [0.1, 0.15) is 6.92 Å². The van der Waals surface area contributed by atoms with Crippen molar-refractivity contribution in [2.24, 2.45) is 5.84 Å². The van der Waals surface area contributed by atoms with Crippen LogP contribution in [0.5, 0.6) is 0 Å². The predicted octanol–water partition coefficient (Wildman–Crippen LogP) is 0.201. The first-order chi connectivity index (χ1) is 8.35. The molecule has 0 aliphatic heterocycles. The molecule has 1 aromatic carbocycles. The highest BCUT2D eigenvalue weighted by Gasteiger charge is 2.17. The van der Waals surface area contributed by atoms with Crippen LogP contribution in [0.25, 0.3) is 0 Å². The lowest BCUT2D eigenvalue weighted by atomic mass is 10.3. The molecule has 0 aromatic heterocycles. The highest BCUT2D eigenvalue weighted by atomic mass is 32.2. The summed E-state index contributed by atoms with van der Waals surface area (Å²) < 4.78 is 26.7. The van der Waals surface area contributed by atoms with E-state index in [1.165, 1.54) is 12.1 Å². The average molecular weight is 272 g/mol. The number of benzene rings is 1. The van der Waals surface area contributed by atoms with E-state index in [1.807, 2.05) is 25.9 Å². The quantitative estimate of drug-likeness (QED) is 0.509. The van der Waals surface area contributed by atoms with Gasteiger partial charge < -0.3 is 10.3 Å². The van der Waals surface area contributed by atoms with Crippen molar-refractivity contribution < 1.29 is 8.42 Å². The molecule has 0 fully saturated rings. The van der Waals surface area contributed by atoms with Crippen LogP contribution < -0.4 is 16.0 Å². The van der Waals surface area contributed by atoms with E-state index in [1.54, 1.807) is 12.1 Å². The van der Waals surface area contributed by atoms with Crippen LogP contribution >= 0.6 is 0 Å². The van der Waals surface area contributed by atoms with Crippen molar-refractivity contribution in [2.45, 2.75) is 17.9 Å². The molecule has 0 aliphatic carbocycles. The third kappa shape index (κ3) is 4.26. The summed E-state index contributed by atoms with van der Waals surface area (Å²) >= 11 is 0. The number of sulfonamides is 1. The molecule has 1 unspecified atom stereocenters. The lowest BCUT2D eigenvalue weighted by molar-refractivity contribution is 0.370. The molecule has 6 nitrogen and oxygen atoms in total. The summed E-state index contributed by atoms with van der Waals surface area (Å²) in [5.41, 5.74) is 3.11. The van der Waals surface area contributed by atoms with Gasteiger partial charge >= 0.3 is 0 Å².